The highest BCUT2D eigenvalue weighted by Gasteiger charge is 2.35. The number of nitrogens with two attached hydrogens (primary N) is 1. The van der Waals surface area contributed by atoms with Gasteiger partial charge >= 0.3 is 0 Å². The van der Waals surface area contributed by atoms with Crippen molar-refractivity contribution in [2.24, 2.45) is 17.1 Å². The molecule has 1 aliphatic rings. The minimum Gasteiger partial charge on any atom is -0.377 e. The largest absolute Gasteiger partial charge is 0.377 e. The summed E-state index contributed by atoms with van der Waals surface area (Å²) in [7, 11) is 0. The van der Waals surface area contributed by atoms with Gasteiger partial charge in [-0.3, -0.25) is 0 Å². The van der Waals surface area contributed by atoms with Gasteiger partial charge in [0.1, 0.15) is 0 Å². The summed E-state index contributed by atoms with van der Waals surface area (Å²) in [6.07, 6.45) is 6.95. The molecule has 0 saturated heterocycles. The second-order valence-electron chi connectivity index (χ2n) is 6.21. The van der Waals surface area contributed by atoms with Crippen LogP contribution in [0.4, 0.5) is 0 Å². The Kier molecular flexibility index (Phi) is 5.26. The molecule has 0 radical (unpaired) electrons. The Balaban J connectivity index is 2.64. The van der Waals surface area contributed by atoms with Crippen LogP contribution in [0.5, 0.6) is 0 Å². The lowest BCUT2D eigenvalue weighted by molar-refractivity contribution is -0.0321. The molecule has 2 nitrogen and oxygen atoms in total. The predicted octanol–water partition coefficient (Wildman–Crippen LogP) is 3.35. The van der Waals surface area contributed by atoms with Crippen molar-refractivity contribution in [3.8, 4) is 0 Å². The molecular weight excluding hydrogens is 198 g/mol. The summed E-state index contributed by atoms with van der Waals surface area (Å²) in [5, 5.41) is 0. The smallest absolute Gasteiger partial charge is 0.0758 e. The molecule has 0 aromatic rings. The molecule has 2 N–H and O–H groups in total. The van der Waals surface area contributed by atoms with Gasteiger partial charge in [-0.05, 0) is 31.1 Å². The number of rotatable bonds is 4. The fraction of sp³-hybridized carbons (Fsp3) is 1.00. The van der Waals surface area contributed by atoms with Crippen LogP contribution in [0.2, 0.25) is 0 Å². The molecule has 0 aromatic carbocycles. The fourth-order valence-corrected chi connectivity index (χ4v) is 2.68. The molecular formula is C14H29NO. The number of hydrogen-bond acceptors (Lipinski definition) is 2. The van der Waals surface area contributed by atoms with Gasteiger partial charge in [-0.2, -0.15) is 0 Å². The molecule has 0 amide bonds. The van der Waals surface area contributed by atoms with Crippen LogP contribution in [0.25, 0.3) is 0 Å². The van der Waals surface area contributed by atoms with Gasteiger partial charge in [0, 0.05) is 12.6 Å². The first-order valence-corrected chi connectivity index (χ1v) is 6.84. The number of ether oxygens (including phenoxy) is 1. The van der Waals surface area contributed by atoms with Gasteiger partial charge in [0.05, 0.1) is 6.10 Å². The average molecular weight is 227 g/mol. The van der Waals surface area contributed by atoms with Crippen molar-refractivity contribution in [1.82, 2.24) is 0 Å². The molecule has 0 bridgehead atoms. The molecule has 0 aromatic heterocycles. The molecule has 96 valence electrons. The van der Waals surface area contributed by atoms with Crippen molar-refractivity contribution in [2.75, 3.05) is 6.61 Å². The summed E-state index contributed by atoms with van der Waals surface area (Å²) >= 11 is 0. The van der Waals surface area contributed by atoms with Crippen molar-refractivity contribution in [3.63, 3.8) is 0 Å². The molecule has 2 unspecified atom stereocenters. The van der Waals surface area contributed by atoms with Crippen molar-refractivity contribution >= 4 is 0 Å². The lowest BCUT2D eigenvalue weighted by Crippen LogP contribution is -2.50. The molecule has 16 heavy (non-hydrogen) atoms. The summed E-state index contributed by atoms with van der Waals surface area (Å²) in [4.78, 5) is 0. The van der Waals surface area contributed by atoms with E-state index in [1.165, 1.54) is 32.1 Å². The van der Waals surface area contributed by atoms with Crippen molar-refractivity contribution in [3.05, 3.63) is 0 Å². The minimum absolute atomic E-state index is 0.136. The second kappa shape index (κ2) is 6.02. The summed E-state index contributed by atoms with van der Waals surface area (Å²) in [5.41, 5.74) is 6.52. The zero-order valence-corrected chi connectivity index (χ0v) is 11.5. The Bertz CT molecular complexity index is 191. The second-order valence-corrected chi connectivity index (χ2v) is 6.21. The van der Waals surface area contributed by atoms with E-state index in [0.717, 1.165) is 6.61 Å². The molecule has 2 atom stereocenters. The Labute approximate surface area is 101 Å². The third kappa shape index (κ3) is 3.74. The molecule has 1 saturated carbocycles. The topological polar surface area (TPSA) is 35.2 Å². The van der Waals surface area contributed by atoms with Gasteiger partial charge in [0.2, 0.25) is 0 Å². The highest BCUT2D eigenvalue weighted by molar-refractivity contribution is 4.89. The molecule has 0 heterocycles. The van der Waals surface area contributed by atoms with E-state index >= 15 is 0 Å². The Hall–Kier alpha value is -0.0800. The Morgan fingerprint density at radius 1 is 1.19 bits per heavy atom. The molecule has 2 heteroatoms. The highest BCUT2D eigenvalue weighted by atomic mass is 16.5. The molecule has 1 fully saturated rings. The van der Waals surface area contributed by atoms with Gasteiger partial charge in [0.25, 0.3) is 0 Å². The molecule has 0 aliphatic heterocycles. The summed E-state index contributed by atoms with van der Waals surface area (Å²) in [6, 6.07) is 0.149. The van der Waals surface area contributed by atoms with Crippen LogP contribution in [0.3, 0.4) is 0 Å². The summed E-state index contributed by atoms with van der Waals surface area (Å²) in [5.74, 6) is 0.683. The van der Waals surface area contributed by atoms with E-state index in [4.69, 9.17) is 10.5 Å². The highest BCUT2D eigenvalue weighted by Crippen LogP contribution is 2.33. The van der Waals surface area contributed by atoms with Crippen LogP contribution in [-0.2, 0) is 4.74 Å². The lowest BCUT2D eigenvalue weighted by Gasteiger charge is -2.39. The van der Waals surface area contributed by atoms with Crippen LogP contribution in [0.1, 0.15) is 59.8 Å². The van der Waals surface area contributed by atoms with Crippen molar-refractivity contribution < 1.29 is 4.74 Å². The Morgan fingerprint density at radius 3 is 2.19 bits per heavy atom. The summed E-state index contributed by atoms with van der Waals surface area (Å²) in [6.45, 7) is 9.50. The normalized spacial score (nSPS) is 23.1. The van der Waals surface area contributed by atoms with Crippen molar-refractivity contribution in [2.45, 2.75) is 71.9 Å². The van der Waals surface area contributed by atoms with Gasteiger partial charge in [-0.1, -0.05) is 40.0 Å². The zero-order chi connectivity index (χ0) is 12.2. The SMILES string of the molecule is CCOC(C1CCCCC1)C(N)C(C)(C)C. The van der Waals surface area contributed by atoms with E-state index in [2.05, 4.69) is 27.7 Å². The lowest BCUT2D eigenvalue weighted by atomic mass is 9.75. The maximum absolute atomic E-state index is 6.39. The molecule has 1 rings (SSSR count). The van der Waals surface area contributed by atoms with E-state index in [-0.39, 0.29) is 17.6 Å². The van der Waals surface area contributed by atoms with E-state index < -0.39 is 0 Å². The van der Waals surface area contributed by atoms with E-state index in [1.807, 2.05) is 0 Å². The van der Waals surface area contributed by atoms with Gasteiger partial charge in [-0.15, -0.1) is 0 Å². The predicted molar refractivity (Wildman–Crippen MR) is 69.4 cm³/mol. The number of hydrogen-bond donors (Lipinski definition) is 1. The average Bonchev–Trinajstić information content (AvgIpc) is 2.25. The van der Waals surface area contributed by atoms with E-state index in [9.17, 15) is 0 Å². The van der Waals surface area contributed by atoms with Crippen LogP contribution in [-0.4, -0.2) is 18.8 Å². The first-order valence-electron chi connectivity index (χ1n) is 6.84. The standard InChI is InChI=1S/C14H29NO/c1-5-16-12(13(15)14(2,3)4)11-9-7-6-8-10-11/h11-13H,5-10,15H2,1-4H3. The van der Waals surface area contributed by atoms with Crippen LogP contribution >= 0.6 is 0 Å². The maximum Gasteiger partial charge on any atom is 0.0758 e. The molecule has 1 aliphatic carbocycles. The third-order valence-electron chi connectivity index (χ3n) is 3.83. The maximum atomic E-state index is 6.39. The third-order valence-corrected chi connectivity index (χ3v) is 3.83. The van der Waals surface area contributed by atoms with Gasteiger partial charge < -0.3 is 10.5 Å². The van der Waals surface area contributed by atoms with Crippen LogP contribution in [0, 0.1) is 11.3 Å². The molecule has 0 spiro atoms. The zero-order valence-electron chi connectivity index (χ0n) is 11.5. The van der Waals surface area contributed by atoms with Crippen LogP contribution in [0.15, 0.2) is 0 Å². The fourth-order valence-electron chi connectivity index (χ4n) is 2.68. The monoisotopic (exact) mass is 227 g/mol. The van der Waals surface area contributed by atoms with Gasteiger partial charge in [-0.25, -0.2) is 0 Å². The van der Waals surface area contributed by atoms with E-state index in [1.54, 1.807) is 0 Å². The quantitative estimate of drug-likeness (QED) is 0.799. The van der Waals surface area contributed by atoms with Crippen LogP contribution < -0.4 is 5.73 Å². The van der Waals surface area contributed by atoms with Gasteiger partial charge in [0.15, 0.2) is 0 Å². The first kappa shape index (κ1) is 14.0. The first-order chi connectivity index (χ1) is 7.46. The van der Waals surface area contributed by atoms with Crippen molar-refractivity contribution in [1.29, 1.82) is 0 Å². The van der Waals surface area contributed by atoms with E-state index in [0.29, 0.717) is 5.92 Å². The Morgan fingerprint density at radius 2 is 1.75 bits per heavy atom. The summed E-state index contributed by atoms with van der Waals surface area (Å²) < 4.78 is 5.94. The minimum atomic E-state index is 0.136.